The normalized spacial score (nSPS) is 31.8. The Morgan fingerprint density at radius 2 is 2.19 bits per heavy atom. The van der Waals surface area contributed by atoms with E-state index in [4.69, 9.17) is 9.47 Å². The molecule has 3 nitrogen and oxygen atoms in total. The second-order valence-corrected chi connectivity index (χ2v) is 6.14. The molecule has 1 N–H and O–H groups in total. The maximum absolute atomic E-state index is 13.6. The van der Waals surface area contributed by atoms with Gasteiger partial charge in [0.1, 0.15) is 17.2 Å². The molecule has 2 aliphatic heterocycles. The van der Waals surface area contributed by atoms with E-state index in [1.165, 1.54) is 12.1 Å². The third kappa shape index (κ3) is 2.92. The minimum absolute atomic E-state index is 0.216. The Balaban J connectivity index is 1.92. The number of hydrogen-bond acceptors (Lipinski definition) is 3. The largest absolute Gasteiger partial charge is 0.487 e. The van der Waals surface area contributed by atoms with Crippen LogP contribution in [0.15, 0.2) is 18.2 Å². The van der Waals surface area contributed by atoms with E-state index in [-0.39, 0.29) is 23.6 Å². The summed E-state index contributed by atoms with van der Waals surface area (Å²) in [7, 11) is 0. The third-order valence-corrected chi connectivity index (χ3v) is 4.67. The smallest absolute Gasteiger partial charge is 0.127 e. The first kappa shape index (κ1) is 14.8. The molecule has 0 bridgehead atoms. The minimum atomic E-state index is -0.236. The molecule has 1 aromatic rings. The van der Waals surface area contributed by atoms with E-state index in [1.54, 1.807) is 0 Å². The van der Waals surface area contributed by atoms with Crippen LogP contribution in [0.2, 0.25) is 0 Å². The molecule has 0 aromatic heterocycles. The van der Waals surface area contributed by atoms with Gasteiger partial charge in [-0.3, -0.25) is 0 Å². The summed E-state index contributed by atoms with van der Waals surface area (Å²) >= 11 is 0. The standard InChI is InChI=1S/C17H24FNO2/c1-3-13-10-17(7-8-20-13)11-15(19-4-2)14-6-5-12(18)9-16(14)21-17/h5-6,9,13,15,19H,3-4,7-8,10-11H2,1-2H3. The lowest BCUT2D eigenvalue weighted by molar-refractivity contribution is -0.103. The Kier molecular flexibility index (Phi) is 4.18. The van der Waals surface area contributed by atoms with Crippen molar-refractivity contribution in [2.75, 3.05) is 13.2 Å². The lowest BCUT2D eigenvalue weighted by Crippen LogP contribution is -2.50. The van der Waals surface area contributed by atoms with Gasteiger partial charge in [-0.1, -0.05) is 19.9 Å². The van der Waals surface area contributed by atoms with Gasteiger partial charge in [-0.25, -0.2) is 4.39 Å². The first-order valence-electron chi connectivity index (χ1n) is 7.99. The molecule has 2 heterocycles. The molecule has 0 saturated carbocycles. The third-order valence-electron chi connectivity index (χ3n) is 4.67. The fourth-order valence-corrected chi connectivity index (χ4v) is 3.60. The van der Waals surface area contributed by atoms with Crippen LogP contribution in [0.4, 0.5) is 4.39 Å². The SMILES string of the molecule is CCNC1CC2(CCOC(CC)C2)Oc2cc(F)ccc21. The number of nitrogens with one attached hydrogen (secondary N) is 1. The van der Waals surface area contributed by atoms with Crippen molar-refractivity contribution in [1.82, 2.24) is 5.32 Å². The van der Waals surface area contributed by atoms with Gasteiger partial charge in [0.25, 0.3) is 0 Å². The molecule has 3 unspecified atom stereocenters. The van der Waals surface area contributed by atoms with Gasteiger partial charge in [-0.05, 0) is 19.0 Å². The molecule has 0 radical (unpaired) electrons. The molecule has 21 heavy (non-hydrogen) atoms. The highest BCUT2D eigenvalue weighted by Gasteiger charge is 2.44. The summed E-state index contributed by atoms with van der Waals surface area (Å²) in [6.45, 7) is 5.86. The van der Waals surface area contributed by atoms with Crippen LogP contribution in [-0.2, 0) is 4.74 Å². The highest BCUT2D eigenvalue weighted by molar-refractivity contribution is 5.39. The van der Waals surface area contributed by atoms with Crippen molar-refractivity contribution >= 4 is 0 Å². The molecule has 4 heteroatoms. The summed E-state index contributed by atoms with van der Waals surface area (Å²) in [5.41, 5.74) is 0.857. The van der Waals surface area contributed by atoms with Crippen LogP contribution in [0.1, 0.15) is 51.1 Å². The average Bonchev–Trinajstić information content (AvgIpc) is 2.47. The van der Waals surface area contributed by atoms with Crippen LogP contribution < -0.4 is 10.1 Å². The number of fused-ring (bicyclic) bond motifs is 1. The van der Waals surface area contributed by atoms with Crippen molar-refractivity contribution < 1.29 is 13.9 Å². The van der Waals surface area contributed by atoms with Crippen LogP contribution in [0.25, 0.3) is 0 Å². The molecule has 3 rings (SSSR count). The van der Waals surface area contributed by atoms with Crippen molar-refractivity contribution in [1.29, 1.82) is 0 Å². The molecule has 3 atom stereocenters. The Labute approximate surface area is 125 Å². The molecule has 1 saturated heterocycles. The molecular formula is C17H24FNO2. The van der Waals surface area contributed by atoms with Gasteiger partial charge in [0.05, 0.1) is 12.7 Å². The van der Waals surface area contributed by atoms with E-state index >= 15 is 0 Å². The summed E-state index contributed by atoms with van der Waals surface area (Å²) in [5, 5.41) is 3.52. The fraction of sp³-hybridized carbons (Fsp3) is 0.647. The van der Waals surface area contributed by atoms with E-state index in [0.29, 0.717) is 5.75 Å². The van der Waals surface area contributed by atoms with Crippen molar-refractivity contribution in [3.63, 3.8) is 0 Å². The first-order valence-corrected chi connectivity index (χ1v) is 7.99. The maximum Gasteiger partial charge on any atom is 0.127 e. The summed E-state index contributed by atoms with van der Waals surface area (Å²) in [5.74, 6) is 0.462. The number of rotatable bonds is 3. The van der Waals surface area contributed by atoms with Gasteiger partial charge in [-0.15, -0.1) is 0 Å². The number of ether oxygens (including phenoxy) is 2. The quantitative estimate of drug-likeness (QED) is 0.924. The number of benzene rings is 1. The summed E-state index contributed by atoms with van der Waals surface area (Å²) in [6.07, 6.45) is 3.94. The van der Waals surface area contributed by atoms with Crippen LogP contribution in [0, 0.1) is 5.82 Å². The summed E-state index contributed by atoms with van der Waals surface area (Å²) in [4.78, 5) is 0. The van der Waals surface area contributed by atoms with Gasteiger partial charge < -0.3 is 14.8 Å². The second kappa shape index (κ2) is 5.93. The molecule has 2 aliphatic rings. The molecule has 1 fully saturated rings. The van der Waals surface area contributed by atoms with Crippen LogP contribution in [0.5, 0.6) is 5.75 Å². The van der Waals surface area contributed by atoms with E-state index in [9.17, 15) is 4.39 Å². The summed E-state index contributed by atoms with van der Waals surface area (Å²) < 4.78 is 25.7. The Morgan fingerprint density at radius 1 is 1.33 bits per heavy atom. The highest BCUT2D eigenvalue weighted by atomic mass is 19.1. The lowest BCUT2D eigenvalue weighted by Gasteiger charge is -2.46. The summed E-state index contributed by atoms with van der Waals surface area (Å²) in [6, 6.07) is 5.12. The zero-order chi connectivity index (χ0) is 14.9. The van der Waals surface area contributed by atoms with E-state index in [2.05, 4.69) is 19.2 Å². The van der Waals surface area contributed by atoms with Gasteiger partial charge in [-0.2, -0.15) is 0 Å². The minimum Gasteiger partial charge on any atom is -0.487 e. The van der Waals surface area contributed by atoms with Gasteiger partial charge in [0, 0.05) is 36.9 Å². The van der Waals surface area contributed by atoms with Crippen LogP contribution >= 0.6 is 0 Å². The van der Waals surface area contributed by atoms with Crippen molar-refractivity contribution in [2.45, 2.75) is 57.3 Å². The molecule has 0 aliphatic carbocycles. The van der Waals surface area contributed by atoms with E-state index in [1.807, 2.05) is 6.07 Å². The predicted molar refractivity (Wildman–Crippen MR) is 80.1 cm³/mol. The monoisotopic (exact) mass is 293 g/mol. The number of halogens is 1. The van der Waals surface area contributed by atoms with Crippen LogP contribution in [0.3, 0.4) is 0 Å². The Morgan fingerprint density at radius 3 is 2.95 bits per heavy atom. The average molecular weight is 293 g/mol. The fourth-order valence-electron chi connectivity index (χ4n) is 3.60. The second-order valence-electron chi connectivity index (χ2n) is 6.14. The maximum atomic E-state index is 13.6. The van der Waals surface area contributed by atoms with Gasteiger partial charge in [0.15, 0.2) is 0 Å². The topological polar surface area (TPSA) is 30.5 Å². The lowest BCUT2D eigenvalue weighted by atomic mass is 9.79. The van der Waals surface area contributed by atoms with Crippen LogP contribution in [-0.4, -0.2) is 24.9 Å². The zero-order valence-electron chi connectivity index (χ0n) is 12.8. The molecule has 0 amide bonds. The molecular weight excluding hydrogens is 269 g/mol. The molecule has 1 spiro atoms. The van der Waals surface area contributed by atoms with Gasteiger partial charge in [0.2, 0.25) is 0 Å². The van der Waals surface area contributed by atoms with E-state index in [0.717, 1.165) is 44.4 Å². The highest BCUT2D eigenvalue weighted by Crippen LogP contribution is 2.45. The Hall–Kier alpha value is -1.13. The molecule has 116 valence electrons. The Bertz CT molecular complexity index is 508. The van der Waals surface area contributed by atoms with Crippen molar-refractivity contribution in [3.05, 3.63) is 29.6 Å². The molecule has 1 aromatic carbocycles. The first-order chi connectivity index (χ1) is 10.2. The zero-order valence-corrected chi connectivity index (χ0v) is 12.8. The predicted octanol–water partition coefficient (Wildman–Crippen LogP) is 3.59. The van der Waals surface area contributed by atoms with Crippen molar-refractivity contribution in [3.8, 4) is 5.75 Å². The van der Waals surface area contributed by atoms with E-state index < -0.39 is 0 Å². The number of hydrogen-bond donors (Lipinski definition) is 1. The van der Waals surface area contributed by atoms with Crippen molar-refractivity contribution in [2.24, 2.45) is 0 Å². The van der Waals surface area contributed by atoms with Gasteiger partial charge >= 0.3 is 0 Å².